The Morgan fingerprint density at radius 2 is 1.69 bits per heavy atom. The molecule has 0 unspecified atom stereocenters. The normalized spacial score (nSPS) is 21.0. The van der Waals surface area contributed by atoms with Gasteiger partial charge in [-0.25, -0.2) is 23.8 Å². The summed E-state index contributed by atoms with van der Waals surface area (Å²) in [6, 6.07) is 9.65. The quantitative estimate of drug-likeness (QED) is 0.263. The monoisotopic (exact) mass is 674 g/mol. The molecular weight excluding hydrogens is 630 g/mol. The fraction of sp³-hybridized carbons (Fsp3) is 0.472. The second-order valence-electron chi connectivity index (χ2n) is 13.2. The zero-order valence-corrected chi connectivity index (χ0v) is 27.9. The van der Waals surface area contributed by atoms with Crippen molar-refractivity contribution >= 4 is 34.6 Å². The van der Waals surface area contributed by atoms with Gasteiger partial charge >= 0.3 is 0 Å². The van der Waals surface area contributed by atoms with Crippen LogP contribution in [0.25, 0.3) is 0 Å². The fourth-order valence-electron chi connectivity index (χ4n) is 7.40. The summed E-state index contributed by atoms with van der Waals surface area (Å²) in [4.78, 5) is 34.8. The lowest BCUT2D eigenvalue weighted by Crippen LogP contribution is -2.46. The molecule has 1 saturated carbocycles. The molecule has 2 N–H and O–H groups in total. The lowest BCUT2D eigenvalue weighted by atomic mass is 10.0. The molecule has 7 rings (SSSR count). The zero-order valence-electron chi connectivity index (χ0n) is 27.9. The lowest BCUT2D eigenvalue weighted by Gasteiger charge is -2.40. The number of amides is 1. The molecule has 0 bridgehead atoms. The van der Waals surface area contributed by atoms with Crippen molar-refractivity contribution in [3.05, 3.63) is 72.6 Å². The maximum atomic E-state index is 14.7. The van der Waals surface area contributed by atoms with Crippen molar-refractivity contribution in [1.82, 2.24) is 19.8 Å². The third-order valence-corrected chi connectivity index (χ3v) is 10.1. The Labute approximate surface area is 285 Å². The zero-order chi connectivity index (χ0) is 33.9. The number of rotatable bonds is 10. The van der Waals surface area contributed by atoms with Crippen LogP contribution in [-0.2, 0) is 9.63 Å². The number of carbonyl (C=O) groups is 1. The fourth-order valence-corrected chi connectivity index (χ4v) is 7.40. The summed E-state index contributed by atoms with van der Waals surface area (Å²) in [7, 11) is 1.60. The molecule has 1 aromatic heterocycles. The van der Waals surface area contributed by atoms with E-state index >= 15 is 0 Å². The number of benzene rings is 2. The highest BCUT2D eigenvalue weighted by molar-refractivity contribution is 6.02. The van der Waals surface area contributed by atoms with E-state index in [9.17, 15) is 13.6 Å². The molecule has 0 radical (unpaired) electrons. The molecule has 13 heteroatoms. The van der Waals surface area contributed by atoms with E-state index in [1.807, 2.05) is 12.1 Å². The van der Waals surface area contributed by atoms with E-state index in [2.05, 4.69) is 41.9 Å². The molecule has 49 heavy (non-hydrogen) atoms. The Morgan fingerprint density at radius 1 is 0.939 bits per heavy atom. The number of carbonyl (C=O) groups excluding carboxylic acids is 1. The van der Waals surface area contributed by atoms with E-state index in [-0.39, 0.29) is 11.5 Å². The van der Waals surface area contributed by atoms with Crippen LogP contribution in [0.3, 0.4) is 0 Å². The van der Waals surface area contributed by atoms with Crippen LogP contribution in [-0.4, -0.2) is 90.7 Å². The van der Waals surface area contributed by atoms with Gasteiger partial charge in [0.25, 0.3) is 0 Å². The summed E-state index contributed by atoms with van der Waals surface area (Å²) >= 11 is 0. The van der Waals surface area contributed by atoms with E-state index < -0.39 is 17.7 Å². The van der Waals surface area contributed by atoms with Crippen molar-refractivity contribution < 1.29 is 23.1 Å². The molecule has 3 saturated heterocycles. The largest absolute Gasteiger partial charge is 0.494 e. The summed E-state index contributed by atoms with van der Waals surface area (Å²) in [5.41, 5.74) is 2.27. The summed E-state index contributed by atoms with van der Waals surface area (Å²) < 4.78 is 34.5. The van der Waals surface area contributed by atoms with Crippen molar-refractivity contribution in [3.63, 3.8) is 0 Å². The SMILES string of the molecule is C=CC(=O)Nc1cc(Nc2cc(N3OCC[C@@H]3c3cc(F)ccc3F)ncn2)c(OC)cc1N1CCC(N2CCCN(C3CC3)CC2)CC1. The Hall–Kier alpha value is -4.33. The van der Waals surface area contributed by atoms with Crippen molar-refractivity contribution in [2.45, 2.75) is 56.7 Å². The number of nitrogens with zero attached hydrogens (tertiary/aromatic N) is 6. The Morgan fingerprint density at radius 3 is 2.41 bits per heavy atom. The maximum Gasteiger partial charge on any atom is 0.247 e. The number of aromatic nitrogens is 2. The van der Waals surface area contributed by atoms with Crippen LogP contribution in [0.1, 0.15) is 50.1 Å². The molecule has 2 aromatic carbocycles. The maximum absolute atomic E-state index is 14.7. The van der Waals surface area contributed by atoms with Crippen LogP contribution >= 0.6 is 0 Å². The highest BCUT2D eigenvalue weighted by Crippen LogP contribution is 2.41. The highest BCUT2D eigenvalue weighted by Gasteiger charge is 2.34. The van der Waals surface area contributed by atoms with Crippen LogP contribution in [0, 0.1) is 11.6 Å². The molecule has 4 aliphatic rings. The second kappa shape index (κ2) is 14.7. The predicted octanol–water partition coefficient (Wildman–Crippen LogP) is 5.65. The lowest BCUT2D eigenvalue weighted by molar-refractivity contribution is -0.111. The smallest absolute Gasteiger partial charge is 0.247 e. The first kappa shape index (κ1) is 33.2. The first-order valence-electron chi connectivity index (χ1n) is 17.2. The van der Waals surface area contributed by atoms with E-state index in [0.717, 1.165) is 62.9 Å². The van der Waals surface area contributed by atoms with Crippen LogP contribution < -0.4 is 25.3 Å². The summed E-state index contributed by atoms with van der Waals surface area (Å²) in [5, 5.41) is 7.77. The van der Waals surface area contributed by atoms with Gasteiger partial charge in [-0.15, -0.1) is 0 Å². The first-order valence-corrected chi connectivity index (χ1v) is 17.2. The van der Waals surface area contributed by atoms with Gasteiger partial charge in [0.2, 0.25) is 5.91 Å². The van der Waals surface area contributed by atoms with Gasteiger partial charge in [-0.05, 0) is 75.5 Å². The highest BCUT2D eigenvalue weighted by atomic mass is 19.1. The van der Waals surface area contributed by atoms with Gasteiger partial charge in [-0.2, -0.15) is 0 Å². The number of ether oxygens (including phenoxy) is 1. The summed E-state index contributed by atoms with van der Waals surface area (Å²) in [6.07, 6.45) is 9.12. The van der Waals surface area contributed by atoms with Crippen molar-refractivity contribution in [2.24, 2.45) is 0 Å². The average molecular weight is 675 g/mol. The van der Waals surface area contributed by atoms with Gasteiger partial charge in [0, 0.05) is 62.4 Å². The van der Waals surface area contributed by atoms with Crippen molar-refractivity contribution in [1.29, 1.82) is 0 Å². The van der Waals surface area contributed by atoms with E-state index in [1.54, 1.807) is 13.2 Å². The number of piperidine rings is 1. The van der Waals surface area contributed by atoms with E-state index in [0.29, 0.717) is 47.8 Å². The minimum Gasteiger partial charge on any atom is -0.494 e. The Kier molecular flexibility index (Phi) is 9.92. The van der Waals surface area contributed by atoms with Gasteiger partial charge in [-0.1, -0.05) is 6.58 Å². The standard InChI is InChI=1S/C36H44F2N8O3/c1-3-36(47)42-29-20-30(41-34-22-35(40-23-39-34)46-31(11-18-49-46)27-19-24(37)5-8-28(27)38)33(48-2)21-32(29)45-14-9-26(10-15-45)44-13-4-12-43(16-17-44)25-6-7-25/h3,5,8,19-23,25-26,31H,1,4,6-7,9-18H2,2H3,(H,42,47)(H,39,40,41)/t31-/m1/s1. The average Bonchev–Trinajstić information content (AvgIpc) is 3.90. The molecule has 4 fully saturated rings. The van der Waals surface area contributed by atoms with Gasteiger partial charge in [0.15, 0.2) is 5.82 Å². The van der Waals surface area contributed by atoms with Crippen LogP contribution in [0.4, 0.5) is 37.5 Å². The van der Waals surface area contributed by atoms with Crippen LogP contribution in [0.5, 0.6) is 5.75 Å². The summed E-state index contributed by atoms with van der Waals surface area (Å²) in [6.45, 7) is 10.4. The van der Waals surface area contributed by atoms with Crippen molar-refractivity contribution in [3.8, 4) is 5.75 Å². The molecule has 3 aromatic rings. The van der Waals surface area contributed by atoms with Gasteiger partial charge in [0.1, 0.15) is 29.5 Å². The molecule has 0 spiro atoms. The van der Waals surface area contributed by atoms with E-state index in [4.69, 9.17) is 9.57 Å². The molecule has 4 heterocycles. The molecule has 1 amide bonds. The minimum atomic E-state index is -0.561. The summed E-state index contributed by atoms with van der Waals surface area (Å²) in [5.74, 6) is 0.0168. The Balaban J connectivity index is 1.09. The number of hydrogen-bond acceptors (Lipinski definition) is 10. The first-order chi connectivity index (χ1) is 23.9. The number of nitrogens with one attached hydrogen (secondary N) is 2. The number of hydroxylamine groups is 1. The number of halogens is 2. The third-order valence-electron chi connectivity index (χ3n) is 10.1. The molecule has 3 aliphatic heterocycles. The molecule has 1 aliphatic carbocycles. The molecule has 1 atom stereocenters. The van der Waals surface area contributed by atoms with E-state index in [1.165, 1.54) is 55.9 Å². The Bertz CT molecular complexity index is 1670. The van der Waals surface area contributed by atoms with Gasteiger partial charge in [-0.3, -0.25) is 19.4 Å². The molecular formula is C36H44F2N8O3. The topological polar surface area (TPSA) is 98.3 Å². The van der Waals surface area contributed by atoms with Gasteiger partial charge in [0.05, 0.1) is 36.8 Å². The number of anilines is 5. The molecule has 11 nitrogen and oxygen atoms in total. The number of methoxy groups -OCH3 is 1. The van der Waals surface area contributed by atoms with Crippen molar-refractivity contribution in [2.75, 3.05) is 73.6 Å². The minimum absolute atomic E-state index is 0.196. The predicted molar refractivity (Wildman–Crippen MR) is 185 cm³/mol. The van der Waals surface area contributed by atoms with Crippen LogP contribution in [0.15, 0.2) is 55.4 Å². The second-order valence-corrected chi connectivity index (χ2v) is 13.2. The molecule has 260 valence electrons. The third kappa shape index (κ3) is 7.48. The number of hydrogen-bond donors (Lipinski definition) is 2. The van der Waals surface area contributed by atoms with Crippen LogP contribution in [0.2, 0.25) is 0 Å². The van der Waals surface area contributed by atoms with Gasteiger partial charge < -0.3 is 20.3 Å².